The maximum absolute atomic E-state index is 13.2. The van der Waals surface area contributed by atoms with Gasteiger partial charge in [-0.3, -0.25) is 33.8 Å². The quantitative estimate of drug-likeness (QED) is 0.0206. The molecule has 3 fully saturated rings. The van der Waals surface area contributed by atoms with Crippen molar-refractivity contribution in [3.05, 3.63) is 331 Å². The number of fused-ring (bicyclic) bond motifs is 3. The van der Waals surface area contributed by atoms with Gasteiger partial charge in [0.1, 0.15) is 19.0 Å². The number of likely N-dealkylation sites (N-methyl/N-ethyl adjacent to an activating group) is 2. The molecule has 31 heteroatoms. The van der Waals surface area contributed by atoms with Crippen molar-refractivity contribution in [1.82, 2.24) is 77.3 Å². The number of allylic oxidation sites excluding steroid dienone is 5. The lowest BCUT2D eigenvalue weighted by Crippen LogP contribution is -2.39. The molecular formula is C106H113BrClN17O10S2. The van der Waals surface area contributed by atoms with Crippen LogP contribution in [0.1, 0.15) is 129 Å². The van der Waals surface area contributed by atoms with Crippen molar-refractivity contribution >= 4 is 116 Å². The molecule has 17 rings (SSSR count). The third-order valence-corrected chi connectivity index (χ3v) is 27.5. The van der Waals surface area contributed by atoms with Crippen molar-refractivity contribution in [3.63, 3.8) is 0 Å². The van der Waals surface area contributed by atoms with Gasteiger partial charge in [0.15, 0.2) is 22.9 Å². The number of likely N-dealkylation sites (tertiary alicyclic amines) is 3. The summed E-state index contributed by atoms with van der Waals surface area (Å²) in [7, 11) is 0.316. The number of hydrogen-bond acceptors (Lipinski definition) is 22. The summed E-state index contributed by atoms with van der Waals surface area (Å²) in [6.45, 7) is 9.92. The summed E-state index contributed by atoms with van der Waals surface area (Å²) in [5, 5.41) is 1.64. The molecule has 11 heterocycles. The Hall–Kier alpha value is -13.4. The van der Waals surface area contributed by atoms with E-state index < -0.39 is 25.3 Å². The van der Waals surface area contributed by atoms with Crippen LogP contribution in [-0.4, -0.2) is 215 Å². The Balaban J connectivity index is 0.000000166. The van der Waals surface area contributed by atoms with Crippen molar-refractivity contribution in [2.24, 2.45) is 17.8 Å². The summed E-state index contributed by atoms with van der Waals surface area (Å²) in [5.41, 5.74) is 21.0. The van der Waals surface area contributed by atoms with Crippen LogP contribution in [0.15, 0.2) is 284 Å². The number of benzene rings is 5. The molecular weight excluding hydrogens is 1850 g/mol. The maximum Gasteiger partial charge on any atom is 0.269 e. The molecule has 8 aromatic heterocycles. The molecule has 2 N–H and O–H groups in total. The number of anilines is 1. The second-order valence-corrected chi connectivity index (χ2v) is 39.4. The Kier molecular flexibility index (Phi) is 36.1. The van der Waals surface area contributed by atoms with Gasteiger partial charge in [-0.2, -0.15) is 0 Å². The van der Waals surface area contributed by atoms with Crippen LogP contribution in [0.3, 0.4) is 0 Å². The highest BCUT2D eigenvalue weighted by molar-refractivity contribution is 9.09. The highest BCUT2D eigenvalue weighted by atomic mass is 79.9. The fraction of sp³-hybridized carbons (Fsp3) is 0.292. The van der Waals surface area contributed by atoms with Gasteiger partial charge < -0.3 is 30.2 Å². The third kappa shape index (κ3) is 28.2. The molecule has 3 saturated heterocycles. The van der Waals surface area contributed by atoms with Crippen LogP contribution in [0.4, 0.5) is 5.69 Å². The number of hydrogen-bond donors (Lipinski definition) is 1. The summed E-state index contributed by atoms with van der Waals surface area (Å²) in [6.07, 6.45) is 37.8. The van der Waals surface area contributed by atoms with Crippen LogP contribution in [-0.2, 0) is 73.0 Å². The standard InChI is InChI=1S/C37H38N6O4S.C32H35N5O2.C30H28N6O3S.C4H4BrClO.C3H8/c1-41(2)17-6-7-33(44)22-27-10-12-29(13-11-27)37(45)42-18-14-28(15-19-42)21-32-24-35(40-26-39-32)31-23-30-16-20-43(36(30)38-25-31)48(46,47)34-8-4-3-5-9-34;1-36(2)14-4-6-29(38)18-23-8-10-25(11-9-23)32(39)37-15-12-24(13-16-37)17-28-20-31(35-22-34-28)27-19-26-5-3-7-30(26)33-21-27;31-25-8-6-22(7-9-25)30(37)35-13-10-21(11-14-35)16-26-18-28(34-20-33-26)24-17-23-12-15-36(29(23)32-19-24)40(38,39)27-4-2-1-3-5-27;5-3-1-2-4(6)7;1-3-2/h3-13,16,20,23-26,28H,14-15,17-19,21-22H2,1-2H3;3-6,8-11,19-22,24H,7,12-18H2,1-2H3;1-9,12,15,17-21H,10-11,13-14,16,31H2;1-2H,3H2;3H2,1-2H3/b7-6+;6-4+;;2-1+;. The van der Waals surface area contributed by atoms with E-state index in [1.807, 2.05) is 144 Å². The molecule has 0 radical (unpaired) electrons. The van der Waals surface area contributed by atoms with Crippen LogP contribution >= 0.6 is 27.5 Å². The average Bonchev–Trinajstić information content (AvgIpc) is 1.65. The van der Waals surface area contributed by atoms with E-state index in [2.05, 4.69) is 98.9 Å². The van der Waals surface area contributed by atoms with Crippen molar-refractivity contribution in [1.29, 1.82) is 0 Å². The van der Waals surface area contributed by atoms with Crippen LogP contribution in [0.5, 0.6) is 0 Å². The van der Waals surface area contributed by atoms with Gasteiger partial charge >= 0.3 is 0 Å². The van der Waals surface area contributed by atoms with E-state index in [1.54, 1.807) is 147 Å². The Labute approximate surface area is 814 Å². The predicted molar refractivity (Wildman–Crippen MR) is 541 cm³/mol. The highest BCUT2D eigenvalue weighted by Gasteiger charge is 2.30. The minimum absolute atomic E-state index is 0.00909. The lowest BCUT2D eigenvalue weighted by Gasteiger charge is -2.32. The zero-order valence-electron chi connectivity index (χ0n) is 77.7. The molecule has 1 aliphatic carbocycles. The van der Waals surface area contributed by atoms with E-state index in [0.717, 1.165) is 152 Å². The van der Waals surface area contributed by atoms with Crippen LogP contribution in [0.25, 0.3) is 61.9 Å². The normalized spacial score (nSPS) is 14.2. The van der Waals surface area contributed by atoms with Crippen LogP contribution in [0, 0.1) is 17.8 Å². The third-order valence-electron chi connectivity index (χ3n) is 23.7. The zero-order valence-corrected chi connectivity index (χ0v) is 81.7. The molecule has 0 bridgehead atoms. The Morgan fingerprint density at radius 3 is 1.15 bits per heavy atom. The summed E-state index contributed by atoms with van der Waals surface area (Å²) >= 11 is 7.99. The number of pyridine rings is 3. The SMILES string of the molecule is CCC.CN(C)C/C=C/C(=O)Cc1ccc(C(=O)N2CCC(Cc3cc(-c4cnc5c(c4)C=CC5)ncn3)CC2)cc1.CN(C)C/C=C/C(=O)Cc1ccc(C(=O)N2CCC(Cc3cc(-c4cnc5c(ccn5S(=O)(=O)c5ccccc5)c4)ncn3)CC2)cc1.Nc1ccc(C(=O)N2CCC(Cc3cc(-c4cnc5c(ccn5S(=O)(=O)c5ccccc5)c4)ncn3)CC2)cc1.O=C(Cl)/C=C/CBr. The molecule has 0 spiro atoms. The molecule has 0 atom stereocenters. The number of nitrogen functional groups attached to an aromatic ring is 1. The van der Waals surface area contributed by atoms with Gasteiger partial charge in [0, 0.05) is 175 Å². The Morgan fingerprint density at radius 2 is 0.803 bits per heavy atom. The van der Waals surface area contributed by atoms with E-state index in [0.29, 0.717) is 113 Å². The van der Waals surface area contributed by atoms with Gasteiger partial charge in [-0.25, -0.2) is 64.7 Å². The van der Waals surface area contributed by atoms with Crippen molar-refractivity contribution in [2.45, 2.75) is 107 Å². The van der Waals surface area contributed by atoms with Gasteiger partial charge in [0.25, 0.3) is 37.8 Å². The van der Waals surface area contributed by atoms with Crippen molar-refractivity contribution < 1.29 is 45.6 Å². The first-order valence-corrected chi connectivity index (χ1v) is 50.2. The number of rotatable bonds is 28. The van der Waals surface area contributed by atoms with E-state index in [9.17, 15) is 45.6 Å². The molecule has 3 amide bonds. The van der Waals surface area contributed by atoms with Crippen molar-refractivity contribution in [2.75, 3.05) is 91.6 Å². The summed E-state index contributed by atoms with van der Waals surface area (Å²) in [4.78, 5) is 124. The van der Waals surface area contributed by atoms with E-state index in [-0.39, 0.29) is 39.1 Å². The number of nitrogens with zero attached hydrogens (tertiary/aromatic N) is 16. The van der Waals surface area contributed by atoms with E-state index in [4.69, 9.17) is 17.3 Å². The number of alkyl halides is 1. The van der Waals surface area contributed by atoms with E-state index in [1.165, 1.54) is 38.4 Å². The first-order valence-electron chi connectivity index (χ1n) is 45.8. The number of halogens is 2. The smallest absolute Gasteiger partial charge is 0.269 e. The van der Waals surface area contributed by atoms with E-state index >= 15 is 0 Å². The fourth-order valence-corrected chi connectivity index (χ4v) is 19.3. The van der Waals surface area contributed by atoms with Gasteiger partial charge in [0.2, 0.25) is 5.24 Å². The lowest BCUT2D eigenvalue weighted by atomic mass is 9.91. The molecule has 27 nitrogen and oxygen atoms in total. The minimum Gasteiger partial charge on any atom is -0.399 e. The summed E-state index contributed by atoms with van der Waals surface area (Å²) in [6, 6.07) is 53.9. The average molecular weight is 1960 g/mol. The Bertz CT molecular complexity index is 6720. The molecule has 5 aromatic carbocycles. The second kappa shape index (κ2) is 48.9. The molecule has 137 heavy (non-hydrogen) atoms. The molecule has 13 aromatic rings. The van der Waals surface area contributed by atoms with Gasteiger partial charge in [-0.15, -0.1) is 0 Å². The molecule has 0 saturated carbocycles. The second-order valence-electron chi connectivity index (χ2n) is 34.7. The monoisotopic (exact) mass is 1960 g/mol. The number of piperidine rings is 3. The van der Waals surface area contributed by atoms with Gasteiger partial charge in [-0.1, -0.05) is 127 Å². The predicted octanol–water partition coefficient (Wildman–Crippen LogP) is 17.0. The van der Waals surface area contributed by atoms with Gasteiger partial charge in [-0.05, 0) is 272 Å². The largest absolute Gasteiger partial charge is 0.399 e. The number of amides is 3. The molecule has 3 aliphatic heterocycles. The number of nitrogens with two attached hydrogens (primary N) is 1. The fourth-order valence-electron chi connectivity index (χ4n) is 16.4. The first kappa shape index (κ1) is 101. The summed E-state index contributed by atoms with van der Waals surface area (Å²) in [5.74, 6) is 1.48. The molecule has 4 aliphatic rings. The highest BCUT2D eigenvalue weighted by Crippen LogP contribution is 2.33. The topological polar surface area (TPSA) is 339 Å². The van der Waals surface area contributed by atoms with Gasteiger partial charge in [0.05, 0.1) is 32.6 Å². The van der Waals surface area contributed by atoms with Crippen LogP contribution < -0.4 is 5.73 Å². The number of aromatic nitrogens is 11. The minimum atomic E-state index is -3.77. The lowest BCUT2D eigenvalue weighted by molar-refractivity contribution is -0.114. The zero-order chi connectivity index (χ0) is 97.0. The first-order chi connectivity index (χ1) is 66.2. The molecule has 0 unspecified atom stereocenters. The van der Waals surface area contributed by atoms with Crippen molar-refractivity contribution in [3.8, 4) is 33.8 Å². The molecule has 708 valence electrons. The Morgan fingerprint density at radius 1 is 0.445 bits per heavy atom. The van der Waals surface area contributed by atoms with Crippen LogP contribution in [0.2, 0.25) is 0 Å². The maximum atomic E-state index is 13.2. The summed E-state index contributed by atoms with van der Waals surface area (Å²) < 4.78 is 55.0. The number of carbonyl (C=O) groups is 6. The number of carbonyl (C=O) groups excluding carboxylic acids is 6. The number of ketones is 2.